The minimum absolute atomic E-state index is 0.0323. The Hall–Kier alpha value is -2.77. The average Bonchev–Trinajstić information content (AvgIpc) is 2.70. The fourth-order valence-corrected chi connectivity index (χ4v) is 2.93. The van der Waals surface area contributed by atoms with Crippen LogP contribution in [0.3, 0.4) is 0 Å². The zero-order chi connectivity index (χ0) is 19.8. The molecule has 0 aromatic heterocycles. The van der Waals surface area contributed by atoms with Crippen molar-refractivity contribution in [1.82, 2.24) is 10.2 Å². The van der Waals surface area contributed by atoms with Crippen molar-refractivity contribution >= 4 is 17.8 Å². The van der Waals surface area contributed by atoms with Crippen LogP contribution in [-0.2, 0) is 14.3 Å². The SMILES string of the molecule is COC(=O)COc1ccc(C(=O)N2CCC(CNC(C)=O)CC2)cc1OC. The zero-order valence-corrected chi connectivity index (χ0v) is 15.9. The third-order valence-electron chi connectivity index (χ3n) is 4.53. The fourth-order valence-electron chi connectivity index (χ4n) is 2.93. The van der Waals surface area contributed by atoms with Crippen molar-refractivity contribution in [3.05, 3.63) is 23.8 Å². The molecule has 1 saturated heterocycles. The van der Waals surface area contributed by atoms with E-state index in [1.807, 2.05) is 0 Å². The molecule has 2 amide bonds. The lowest BCUT2D eigenvalue weighted by molar-refractivity contribution is -0.142. The van der Waals surface area contributed by atoms with Crippen LogP contribution in [0.5, 0.6) is 11.5 Å². The Morgan fingerprint density at radius 1 is 1.15 bits per heavy atom. The molecule has 1 aliphatic heterocycles. The second kappa shape index (κ2) is 9.80. The fraction of sp³-hybridized carbons (Fsp3) is 0.526. The standard InChI is InChI=1S/C19H26N2O6/c1-13(22)20-11-14-6-8-21(9-7-14)19(24)15-4-5-16(17(10-15)25-2)27-12-18(23)26-3/h4-5,10,14H,6-9,11-12H2,1-3H3,(H,20,22). The van der Waals surface area contributed by atoms with E-state index in [2.05, 4.69) is 10.1 Å². The van der Waals surface area contributed by atoms with Gasteiger partial charge >= 0.3 is 5.97 Å². The lowest BCUT2D eigenvalue weighted by atomic mass is 9.96. The number of esters is 1. The second-order valence-electron chi connectivity index (χ2n) is 6.40. The Balaban J connectivity index is 1.96. The number of piperidine rings is 1. The van der Waals surface area contributed by atoms with E-state index in [4.69, 9.17) is 9.47 Å². The Morgan fingerprint density at radius 2 is 1.85 bits per heavy atom. The van der Waals surface area contributed by atoms with Crippen molar-refractivity contribution in [2.75, 3.05) is 40.5 Å². The number of methoxy groups -OCH3 is 2. The molecule has 0 saturated carbocycles. The number of likely N-dealkylation sites (tertiary alicyclic amines) is 1. The van der Waals surface area contributed by atoms with Gasteiger partial charge in [0.05, 0.1) is 14.2 Å². The lowest BCUT2D eigenvalue weighted by Crippen LogP contribution is -2.41. The molecule has 0 spiro atoms. The summed E-state index contributed by atoms with van der Waals surface area (Å²) >= 11 is 0. The van der Waals surface area contributed by atoms with E-state index in [0.717, 1.165) is 12.8 Å². The molecule has 0 radical (unpaired) electrons. The third kappa shape index (κ3) is 5.87. The summed E-state index contributed by atoms with van der Waals surface area (Å²) < 4.78 is 15.2. The van der Waals surface area contributed by atoms with Gasteiger partial charge in [-0.25, -0.2) is 4.79 Å². The van der Waals surface area contributed by atoms with Gasteiger partial charge in [-0.15, -0.1) is 0 Å². The zero-order valence-electron chi connectivity index (χ0n) is 15.9. The number of carbonyl (C=O) groups is 3. The van der Waals surface area contributed by atoms with E-state index in [1.165, 1.54) is 21.1 Å². The van der Waals surface area contributed by atoms with Crippen LogP contribution < -0.4 is 14.8 Å². The van der Waals surface area contributed by atoms with Crippen molar-refractivity contribution in [2.24, 2.45) is 5.92 Å². The Labute approximate surface area is 158 Å². The van der Waals surface area contributed by atoms with Gasteiger partial charge in [-0.2, -0.15) is 0 Å². The van der Waals surface area contributed by atoms with Crippen LogP contribution in [0.15, 0.2) is 18.2 Å². The number of carbonyl (C=O) groups excluding carboxylic acids is 3. The molecular formula is C19H26N2O6. The summed E-state index contributed by atoms with van der Waals surface area (Å²) in [4.78, 5) is 36.8. The van der Waals surface area contributed by atoms with Gasteiger partial charge in [0.15, 0.2) is 18.1 Å². The average molecular weight is 378 g/mol. The summed E-state index contributed by atoms with van der Waals surface area (Å²) in [5.74, 6) is 0.528. The van der Waals surface area contributed by atoms with Gasteiger partial charge in [-0.05, 0) is 37.0 Å². The van der Waals surface area contributed by atoms with Crippen molar-refractivity contribution in [3.63, 3.8) is 0 Å². The van der Waals surface area contributed by atoms with Gasteiger partial charge in [0.25, 0.3) is 5.91 Å². The van der Waals surface area contributed by atoms with Crippen molar-refractivity contribution in [1.29, 1.82) is 0 Å². The molecule has 27 heavy (non-hydrogen) atoms. The quantitative estimate of drug-likeness (QED) is 0.718. The molecule has 1 N–H and O–H groups in total. The van der Waals surface area contributed by atoms with Crippen LogP contribution >= 0.6 is 0 Å². The van der Waals surface area contributed by atoms with E-state index in [9.17, 15) is 14.4 Å². The topological polar surface area (TPSA) is 94.2 Å². The van der Waals surface area contributed by atoms with Crippen LogP contribution in [0.25, 0.3) is 0 Å². The highest BCUT2D eigenvalue weighted by Crippen LogP contribution is 2.29. The molecule has 0 atom stereocenters. The largest absolute Gasteiger partial charge is 0.493 e. The highest BCUT2D eigenvalue weighted by atomic mass is 16.6. The molecule has 0 bridgehead atoms. The number of hydrogen-bond acceptors (Lipinski definition) is 6. The first-order chi connectivity index (χ1) is 12.9. The van der Waals surface area contributed by atoms with Crippen LogP contribution in [-0.4, -0.2) is 63.1 Å². The van der Waals surface area contributed by atoms with Gasteiger partial charge in [0.1, 0.15) is 0 Å². The van der Waals surface area contributed by atoms with Crippen LogP contribution in [0.1, 0.15) is 30.1 Å². The van der Waals surface area contributed by atoms with Gasteiger partial charge in [-0.1, -0.05) is 0 Å². The van der Waals surface area contributed by atoms with Crippen LogP contribution in [0.4, 0.5) is 0 Å². The third-order valence-corrected chi connectivity index (χ3v) is 4.53. The van der Waals surface area contributed by atoms with Gasteiger partial charge in [-0.3, -0.25) is 9.59 Å². The van der Waals surface area contributed by atoms with Crippen LogP contribution in [0, 0.1) is 5.92 Å². The number of benzene rings is 1. The first kappa shape index (κ1) is 20.5. The molecule has 2 rings (SSSR count). The maximum atomic E-state index is 12.8. The Bertz CT molecular complexity index is 683. The molecule has 0 aliphatic carbocycles. The lowest BCUT2D eigenvalue weighted by Gasteiger charge is -2.32. The smallest absolute Gasteiger partial charge is 0.343 e. The summed E-state index contributed by atoms with van der Waals surface area (Å²) in [6, 6.07) is 4.87. The first-order valence-electron chi connectivity index (χ1n) is 8.86. The summed E-state index contributed by atoms with van der Waals surface area (Å²) in [6.45, 7) is 3.21. The van der Waals surface area contributed by atoms with Crippen molar-refractivity contribution < 1.29 is 28.6 Å². The molecule has 1 aliphatic rings. The van der Waals surface area contributed by atoms with Crippen molar-refractivity contribution in [2.45, 2.75) is 19.8 Å². The monoisotopic (exact) mass is 378 g/mol. The molecular weight excluding hydrogens is 352 g/mol. The molecule has 1 fully saturated rings. The first-order valence-corrected chi connectivity index (χ1v) is 8.86. The number of hydrogen-bond donors (Lipinski definition) is 1. The highest BCUT2D eigenvalue weighted by Gasteiger charge is 2.24. The predicted molar refractivity (Wildman–Crippen MR) is 97.8 cm³/mol. The number of nitrogens with zero attached hydrogens (tertiary/aromatic N) is 1. The number of amides is 2. The number of rotatable bonds is 7. The normalized spacial score (nSPS) is 14.4. The summed E-state index contributed by atoms with van der Waals surface area (Å²) in [7, 11) is 2.76. The van der Waals surface area contributed by atoms with E-state index in [1.54, 1.807) is 23.1 Å². The Morgan fingerprint density at radius 3 is 2.44 bits per heavy atom. The molecule has 8 nitrogen and oxygen atoms in total. The van der Waals surface area contributed by atoms with E-state index < -0.39 is 5.97 Å². The number of ether oxygens (including phenoxy) is 3. The summed E-state index contributed by atoms with van der Waals surface area (Å²) in [5, 5.41) is 2.83. The van der Waals surface area contributed by atoms with Crippen LogP contribution in [0.2, 0.25) is 0 Å². The Kier molecular flexibility index (Phi) is 7.45. The molecule has 1 aromatic rings. The highest BCUT2D eigenvalue weighted by molar-refractivity contribution is 5.95. The van der Waals surface area contributed by atoms with E-state index >= 15 is 0 Å². The molecule has 1 heterocycles. The maximum Gasteiger partial charge on any atom is 0.343 e. The van der Waals surface area contributed by atoms with Gasteiger partial charge < -0.3 is 24.4 Å². The van der Waals surface area contributed by atoms with Crippen molar-refractivity contribution in [3.8, 4) is 11.5 Å². The van der Waals surface area contributed by atoms with Gasteiger partial charge in [0, 0.05) is 32.1 Å². The van der Waals surface area contributed by atoms with Gasteiger partial charge in [0.2, 0.25) is 5.91 Å². The minimum atomic E-state index is -0.501. The number of nitrogens with one attached hydrogen (secondary N) is 1. The second-order valence-corrected chi connectivity index (χ2v) is 6.40. The van der Waals surface area contributed by atoms with E-state index in [-0.39, 0.29) is 18.4 Å². The molecule has 8 heteroatoms. The maximum absolute atomic E-state index is 12.8. The summed E-state index contributed by atoms with van der Waals surface area (Å²) in [5.41, 5.74) is 0.498. The van der Waals surface area contributed by atoms with E-state index in [0.29, 0.717) is 42.6 Å². The molecule has 148 valence electrons. The molecule has 0 unspecified atom stereocenters. The summed E-state index contributed by atoms with van der Waals surface area (Å²) in [6.07, 6.45) is 1.70. The predicted octanol–water partition coefficient (Wildman–Crippen LogP) is 1.24. The minimum Gasteiger partial charge on any atom is -0.493 e. The molecule has 1 aromatic carbocycles.